The van der Waals surface area contributed by atoms with Gasteiger partial charge in [-0.05, 0) is 12.3 Å². The standard InChI is InChI=1S/C13H18F2O/c1-3-12(16)10(2)9-13(14,15)11-7-5-4-6-8-11/h4-8,10,12,16H,3,9H2,1-2H3. The van der Waals surface area contributed by atoms with Crippen LogP contribution in [0.3, 0.4) is 0 Å². The number of benzene rings is 1. The summed E-state index contributed by atoms with van der Waals surface area (Å²) in [5, 5.41) is 9.50. The minimum absolute atomic E-state index is 0.0187. The number of aliphatic hydroxyl groups excluding tert-OH is 1. The maximum absolute atomic E-state index is 13.8. The zero-order valence-corrected chi connectivity index (χ0v) is 9.66. The van der Waals surface area contributed by atoms with E-state index in [0.717, 1.165) is 0 Å². The Balaban J connectivity index is 2.72. The molecule has 0 heterocycles. The molecule has 0 amide bonds. The van der Waals surface area contributed by atoms with E-state index in [1.54, 1.807) is 32.0 Å². The van der Waals surface area contributed by atoms with E-state index >= 15 is 0 Å². The summed E-state index contributed by atoms with van der Waals surface area (Å²) in [6.07, 6.45) is -0.465. The summed E-state index contributed by atoms with van der Waals surface area (Å²) in [7, 11) is 0. The van der Waals surface area contributed by atoms with Gasteiger partial charge in [-0.1, -0.05) is 44.2 Å². The van der Waals surface area contributed by atoms with Gasteiger partial charge in [-0.15, -0.1) is 0 Å². The van der Waals surface area contributed by atoms with Crippen molar-refractivity contribution in [2.75, 3.05) is 0 Å². The normalized spacial score (nSPS) is 15.8. The highest BCUT2D eigenvalue weighted by Gasteiger charge is 2.34. The van der Waals surface area contributed by atoms with E-state index in [0.29, 0.717) is 6.42 Å². The van der Waals surface area contributed by atoms with Gasteiger partial charge in [-0.2, -0.15) is 0 Å². The highest BCUT2D eigenvalue weighted by Crippen LogP contribution is 2.35. The lowest BCUT2D eigenvalue weighted by molar-refractivity contribution is -0.0466. The van der Waals surface area contributed by atoms with E-state index in [4.69, 9.17) is 0 Å². The predicted molar refractivity (Wildman–Crippen MR) is 60.4 cm³/mol. The van der Waals surface area contributed by atoms with Gasteiger partial charge in [0.05, 0.1) is 6.10 Å². The molecule has 1 aromatic rings. The minimum atomic E-state index is -2.86. The number of halogens is 2. The first-order chi connectivity index (χ1) is 7.47. The van der Waals surface area contributed by atoms with E-state index in [-0.39, 0.29) is 12.0 Å². The molecule has 1 rings (SSSR count). The van der Waals surface area contributed by atoms with Crippen LogP contribution in [0.25, 0.3) is 0 Å². The van der Waals surface area contributed by atoms with Crippen LogP contribution >= 0.6 is 0 Å². The van der Waals surface area contributed by atoms with Crippen molar-refractivity contribution in [2.24, 2.45) is 5.92 Å². The second kappa shape index (κ2) is 5.39. The molecule has 0 fully saturated rings. The summed E-state index contributed by atoms with van der Waals surface area (Å²) in [5.74, 6) is -3.27. The van der Waals surface area contributed by atoms with Gasteiger partial charge in [-0.3, -0.25) is 0 Å². The molecule has 1 aromatic carbocycles. The number of rotatable bonds is 5. The summed E-state index contributed by atoms with van der Waals surface area (Å²) in [4.78, 5) is 0. The van der Waals surface area contributed by atoms with E-state index in [9.17, 15) is 13.9 Å². The van der Waals surface area contributed by atoms with E-state index in [1.807, 2.05) is 0 Å². The van der Waals surface area contributed by atoms with E-state index in [2.05, 4.69) is 0 Å². The molecule has 0 spiro atoms. The van der Waals surface area contributed by atoms with Crippen LogP contribution < -0.4 is 0 Å². The van der Waals surface area contributed by atoms with Gasteiger partial charge in [0.15, 0.2) is 0 Å². The van der Waals surface area contributed by atoms with E-state index < -0.39 is 17.9 Å². The fourth-order valence-corrected chi connectivity index (χ4v) is 1.74. The molecule has 0 bridgehead atoms. The summed E-state index contributed by atoms with van der Waals surface area (Å²) < 4.78 is 27.6. The van der Waals surface area contributed by atoms with Crippen molar-refractivity contribution in [2.45, 2.75) is 38.7 Å². The number of alkyl halides is 2. The van der Waals surface area contributed by atoms with Crippen LogP contribution in [-0.2, 0) is 5.92 Å². The fraction of sp³-hybridized carbons (Fsp3) is 0.538. The average molecular weight is 228 g/mol. The Bertz CT molecular complexity index is 311. The predicted octanol–water partition coefficient (Wildman–Crippen LogP) is 3.58. The molecule has 0 aromatic heterocycles. The van der Waals surface area contributed by atoms with Crippen molar-refractivity contribution in [3.63, 3.8) is 0 Å². The molecule has 2 atom stereocenters. The monoisotopic (exact) mass is 228 g/mol. The Morgan fingerprint density at radius 2 is 1.81 bits per heavy atom. The van der Waals surface area contributed by atoms with Crippen molar-refractivity contribution in [3.8, 4) is 0 Å². The molecule has 3 heteroatoms. The lowest BCUT2D eigenvalue weighted by Gasteiger charge is -2.23. The van der Waals surface area contributed by atoms with Crippen LogP contribution in [0.15, 0.2) is 30.3 Å². The van der Waals surface area contributed by atoms with Crippen molar-refractivity contribution in [1.82, 2.24) is 0 Å². The first-order valence-corrected chi connectivity index (χ1v) is 5.58. The molecule has 0 aliphatic carbocycles. The van der Waals surface area contributed by atoms with Crippen LogP contribution in [0.2, 0.25) is 0 Å². The van der Waals surface area contributed by atoms with Crippen molar-refractivity contribution in [3.05, 3.63) is 35.9 Å². The molecule has 1 N–H and O–H groups in total. The molecule has 0 saturated heterocycles. The van der Waals surface area contributed by atoms with Gasteiger partial charge < -0.3 is 5.11 Å². The maximum atomic E-state index is 13.8. The van der Waals surface area contributed by atoms with Gasteiger partial charge in [0.1, 0.15) is 0 Å². The zero-order chi connectivity index (χ0) is 12.2. The van der Waals surface area contributed by atoms with Gasteiger partial charge >= 0.3 is 0 Å². The van der Waals surface area contributed by atoms with Crippen LogP contribution in [-0.4, -0.2) is 11.2 Å². The van der Waals surface area contributed by atoms with Crippen molar-refractivity contribution < 1.29 is 13.9 Å². The number of hydrogen-bond donors (Lipinski definition) is 1. The Kier molecular flexibility index (Phi) is 4.42. The van der Waals surface area contributed by atoms with Gasteiger partial charge in [0.2, 0.25) is 0 Å². The average Bonchev–Trinajstić information content (AvgIpc) is 2.28. The third-order valence-corrected chi connectivity index (χ3v) is 2.85. The summed E-state index contributed by atoms with van der Waals surface area (Å²) >= 11 is 0. The maximum Gasteiger partial charge on any atom is 0.273 e. The Hall–Kier alpha value is -0.960. The van der Waals surface area contributed by atoms with Gasteiger partial charge in [0, 0.05) is 12.0 Å². The van der Waals surface area contributed by atoms with E-state index in [1.165, 1.54) is 12.1 Å². The Morgan fingerprint density at radius 1 is 1.25 bits per heavy atom. The quantitative estimate of drug-likeness (QED) is 0.816. The van der Waals surface area contributed by atoms with Crippen molar-refractivity contribution >= 4 is 0 Å². The lowest BCUT2D eigenvalue weighted by Crippen LogP contribution is -2.25. The zero-order valence-electron chi connectivity index (χ0n) is 9.66. The summed E-state index contributed by atoms with van der Waals surface area (Å²) in [6, 6.07) is 7.76. The minimum Gasteiger partial charge on any atom is -0.393 e. The van der Waals surface area contributed by atoms with Gasteiger partial charge in [-0.25, -0.2) is 8.78 Å². The SMILES string of the molecule is CCC(O)C(C)CC(F)(F)c1ccccc1. The molecule has 90 valence electrons. The first-order valence-electron chi connectivity index (χ1n) is 5.58. The smallest absolute Gasteiger partial charge is 0.273 e. The van der Waals surface area contributed by atoms with Crippen LogP contribution in [0.4, 0.5) is 8.78 Å². The molecule has 0 radical (unpaired) electrons. The molecular weight excluding hydrogens is 210 g/mol. The number of hydrogen-bond acceptors (Lipinski definition) is 1. The van der Waals surface area contributed by atoms with Crippen LogP contribution in [0.1, 0.15) is 32.3 Å². The molecule has 2 unspecified atom stereocenters. The largest absolute Gasteiger partial charge is 0.393 e. The van der Waals surface area contributed by atoms with Crippen LogP contribution in [0.5, 0.6) is 0 Å². The van der Waals surface area contributed by atoms with Crippen molar-refractivity contribution in [1.29, 1.82) is 0 Å². The highest BCUT2D eigenvalue weighted by atomic mass is 19.3. The number of aliphatic hydroxyl groups is 1. The Morgan fingerprint density at radius 3 is 2.31 bits per heavy atom. The second-order valence-electron chi connectivity index (χ2n) is 4.23. The Labute approximate surface area is 95.1 Å². The molecule has 1 nitrogen and oxygen atoms in total. The molecule has 0 saturated carbocycles. The second-order valence-corrected chi connectivity index (χ2v) is 4.23. The third kappa shape index (κ3) is 3.27. The molecule has 0 aliphatic rings. The molecule has 16 heavy (non-hydrogen) atoms. The van der Waals surface area contributed by atoms with Gasteiger partial charge in [0.25, 0.3) is 5.92 Å². The first kappa shape index (κ1) is 13.1. The molecule has 0 aliphatic heterocycles. The fourth-order valence-electron chi connectivity index (χ4n) is 1.74. The topological polar surface area (TPSA) is 20.2 Å². The third-order valence-electron chi connectivity index (χ3n) is 2.85. The lowest BCUT2D eigenvalue weighted by atomic mass is 9.92. The van der Waals surface area contributed by atoms with Crippen LogP contribution in [0, 0.1) is 5.92 Å². The summed E-state index contributed by atoms with van der Waals surface area (Å²) in [5.41, 5.74) is 0.0187. The summed E-state index contributed by atoms with van der Waals surface area (Å²) in [6.45, 7) is 3.45. The molecular formula is C13H18F2O. The highest BCUT2D eigenvalue weighted by molar-refractivity contribution is 5.19.